The predicted molar refractivity (Wildman–Crippen MR) is 85.6 cm³/mol. The van der Waals surface area contributed by atoms with Gasteiger partial charge in [-0.15, -0.1) is 10.2 Å². The van der Waals surface area contributed by atoms with Gasteiger partial charge in [-0.05, 0) is 17.7 Å². The summed E-state index contributed by atoms with van der Waals surface area (Å²) in [4.78, 5) is 0. The molecule has 0 bridgehead atoms. The Morgan fingerprint density at radius 3 is 2.55 bits per heavy atom. The van der Waals surface area contributed by atoms with Gasteiger partial charge in [0.25, 0.3) is 0 Å². The van der Waals surface area contributed by atoms with Crippen molar-refractivity contribution in [1.29, 1.82) is 0 Å². The first-order valence-electron chi connectivity index (χ1n) is 6.81. The fourth-order valence-corrected chi connectivity index (χ4v) is 2.60. The zero-order valence-electron chi connectivity index (χ0n) is 11.9. The Bertz CT molecular complexity index is 975. The van der Waals surface area contributed by atoms with Crippen molar-refractivity contribution in [3.63, 3.8) is 0 Å². The lowest BCUT2D eigenvalue weighted by Gasteiger charge is -2.07. The summed E-state index contributed by atoms with van der Waals surface area (Å²) in [5.74, 6) is 1.18. The average Bonchev–Trinajstić information content (AvgIpc) is 2.96. The van der Waals surface area contributed by atoms with Crippen LogP contribution < -0.4 is 10.5 Å². The van der Waals surface area contributed by atoms with Crippen molar-refractivity contribution < 1.29 is 4.74 Å². The third kappa shape index (κ3) is 1.77. The summed E-state index contributed by atoms with van der Waals surface area (Å²) >= 11 is 0. The Morgan fingerprint density at radius 1 is 1.00 bits per heavy atom. The van der Waals surface area contributed by atoms with Crippen LogP contribution in [0, 0.1) is 0 Å². The maximum absolute atomic E-state index is 5.79. The van der Waals surface area contributed by atoms with Crippen molar-refractivity contribution in [2.75, 3.05) is 12.8 Å². The third-order valence-corrected chi connectivity index (χ3v) is 3.72. The molecule has 0 spiro atoms. The number of H-pyrrole nitrogens is 1. The number of methoxy groups -OCH3 is 1. The number of aromatic amines is 1. The van der Waals surface area contributed by atoms with Gasteiger partial charge in [0.1, 0.15) is 11.3 Å². The van der Waals surface area contributed by atoms with Crippen molar-refractivity contribution in [3.05, 3.63) is 42.5 Å². The molecule has 0 saturated heterocycles. The second kappa shape index (κ2) is 4.70. The number of benzene rings is 2. The van der Waals surface area contributed by atoms with Gasteiger partial charge in [-0.3, -0.25) is 5.10 Å². The first kappa shape index (κ1) is 12.6. The normalized spacial score (nSPS) is 11.1. The lowest BCUT2D eigenvalue weighted by Crippen LogP contribution is -1.91. The van der Waals surface area contributed by atoms with Gasteiger partial charge < -0.3 is 10.5 Å². The molecule has 2 heterocycles. The second-order valence-electron chi connectivity index (χ2n) is 4.96. The molecule has 3 N–H and O–H groups in total. The van der Waals surface area contributed by atoms with Gasteiger partial charge in [0.15, 0.2) is 11.3 Å². The summed E-state index contributed by atoms with van der Waals surface area (Å²) in [6.07, 6.45) is 0. The van der Waals surface area contributed by atoms with E-state index in [-0.39, 0.29) is 0 Å². The molecule has 0 amide bonds. The van der Waals surface area contributed by atoms with Crippen molar-refractivity contribution in [1.82, 2.24) is 20.4 Å². The number of hydrogen-bond donors (Lipinski definition) is 2. The van der Waals surface area contributed by atoms with Crippen LogP contribution in [0.25, 0.3) is 33.1 Å². The van der Waals surface area contributed by atoms with Crippen molar-refractivity contribution in [2.24, 2.45) is 0 Å². The Hall–Kier alpha value is -3.15. The Labute approximate surface area is 125 Å². The number of rotatable bonds is 2. The van der Waals surface area contributed by atoms with Crippen LogP contribution in [0.3, 0.4) is 0 Å². The van der Waals surface area contributed by atoms with Crippen LogP contribution in [0.2, 0.25) is 0 Å². The van der Waals surface area contributed by atoms with E-state index in [1.165, 1.54) is 0 Å². The fraction of sp³-hybridized carbons (Fsp3) is 0.0625. The maximum atomic E-state index is 5.79. The number of nitrogens with zero attached hydrogens (tertiary/aromatic N) is 3. The van der Waals surface area contributed by atoms with Crippen LogP contribution >= 0.6 is 0 Å². The summed E-state index contributed by atoms with van der Waals surface area (Å²) in [6, 6.07) is 13.8. The van der Waals surface area contributed by atoms with Gasteiger partial charge in [0, 0.05) is 10.9 Å². The van der Waals surface area contributed by atoms with Gasteiger partial charge in [0.2, 0.25) is 0 Å². The number of ether oxygens (including phenoxy) is 1. The third-order valence-electron chi connectivity index (χ3n) is 3.72. The zero-order chi connectivity index (χ0) is 15.1. The summed E-state index contributed by atoms with van der Waals surface area (Å²) in [5, 5.41) is 16.4. The quantitative estimate of drug-likeness (QED) is 0.592. The first-order valence-corrected chi connectivity index (χ1v) is 6.81. The molecule has 0 fully saturated rings. The first-order chi connectivity index (χ1) is 10.8. The van der Waals surface area contributed by atoms with Crippen LogP contribution in [0.5, 0.6) is 5.75 Å². The highest BCUT2D eigenvalue weighted by Gasteiger charge is 2.12. The number of anilines is 1. The van der Waals surface area contributed by atoms with E-state index in [2.05, 4.69) is 20.4 Å². The standard InChI is InChI=1S/C16H13N5O/c1-22-10-7-5-9(6-8-10)11-3-2-4-12-13(11)18-20-15-14(12)19-21-16(15)17/h2-8H,1H3,(H3,17,19,21). The molecular formula is C16H13N5O. The van der Waals surface area contributed by atoms with Gasteiger partial charge >= 0.3 is 0 Å². The van der Waals surface area contributed by atoms with Gasteiger partial charge in [0.05, 0.1) is 12.6 Å². The molecule has 2 aromatic heterocycles. The molecule has 0 saturated carbocycles. The molecule has 0 atom stereocenters. The molecule has 0 unspecified atom stereocenters. The second-order valence-corrected chi connectivity index (χ2v) is 4.96. The topological polar surface area (TPSA) is 89.7 Å². The largest absolute Gasteiger partial charge is 0.497 e. The highest BCUT2D eigenvalue weighted by Crippen LogP contribution is 2.31. The molecule has 2 aromatic carbocycles. The number of nitrogens with two attached hydrogens (primary N) is 1. The lowest BCUT2D eigenvalue weighted by molar-refractivity contribution is 0.415. The predicted octanol–water partition coefficient (Wildman–Crippen LogP) is 2.76. The smallest absolute Gasteiger partial charge is 0.173 e. The molecule has 0 aliphatic rings. The molecule has 4 aromatic rings. The van der Waals surface area contributed by atoms with Gasteiger partial charge in [-0.25, -0.2) is 0 Å². The Balaban J connectivity index is 1.99. The molecule has 6 heteroatoms. The van der Waals surface area contributed by atoms with E-state index in [0.29, 0.717) is 11.3 Å². The maximum Gasteiger partial charge on any atom is 0.173 e. The summed E-state index contributed by atoms with van der Waals surface area (Å²) in [7, 11) is 1.65. The van der Waals surface area contributed by atoms with Crippen LogP contribution in [0.15, 0.2) is 42.5 Å². The number of nitrogens with one attached hydrogen (secondary N) is 1. The van der Waals surface area contributed by atoms with Gasteiger partial charge in [-0.2, -0.15) is 5.10 Å². The van der Waals surface area contributed by atoms with Crippen molar-refractivity contribution in [3.8, 4) is 16.9 Å². The summed E-state index contributed by atoms with van der Waals surface area (Å²) in [6.45, 7) is 0. The van der Waals surface area contributed by atoms with E-state index in [9.17, 15) is 0 Å². The molecular weight excluding hydrogens is 278 g/mol. The molecule has 22 heavy (non-hydrogen) atoms. The van der Waals surface area contributed by atoms with Crippen LogP contribution in [0.1, 0.15) is 0 Å². The van der Waals surface area contributed by atoms with E-state index >= 15 is 0 Å². The molecule has 0 aliphatic carbocycles. The molecule has 0 radical (unpaired) electrons. The number of nitrogen functional groups attached to an aromatic ring is 1. The van der Waals surface area contributed by atoms with Crippen molar-refractivity contribution in [2.45, 2.75) is 0 Å². The number of fused-ring (bicyclic) bond motifs is 3. The highest BCUT2D eigenvalue weighted by molar-refractivity contribution is 6.08. The van der Waals surface area contributed by atoms with E-state index < -0.39 is 0 Å². The lowest BCUT2D eigenvalue weighted by atomic mass is 10.0. The Kier molecular flexibility index (Phi) is 2.69. The minimum atomic E-state index is 0.360. The number of aromatic nitrogens is 4. The van der Waals surface area contributed by atoms with Gasteiger partial charge in [-0.1, -0.05) is 30.3 Å². The van der Waals surface area contributed by atoms with E-state index in [0.717, 1.165) is 33.3 Å². The van der Waals surface area contributed by atoms with E-state index in [1.54, 1.807) is 7.11 Å². The van der Waals surface area contributed by atoms with Crippen LogP contribution in [-0.4, -0.2) is 27.5 Å². The molecule has 0 aliphatic heterocycles. The molecule has 4 rings (SSSR count). The van der Waals surface area contributed by atoms with Crippen molar-refractivity contribution >= 4 is 27.8 Å². The fourth-order valence-electron chi connectivity index (χ4n) is 2.60. The zero-order valence-corrected chi connectivity index (χ0v) is 11.9. The average molecular weight is 291 g/mol. The minimum absolute atomic E-state index is 0.360. The summed E-state index contributed by atoms with van der Waals surface area (Å²) < 4.78 is 5.20. The van der Waals surface area contributed by atoms with Crippen LogP contribution in [-0.2, 0) is 0 Å². The van der Waals surface area contributed by atoms with Crippen LogP contribution in [0.4, 0.5) is 5.82 Å². The SMILES string of the molecule is COc1ccc(-c2cccc3c2nnc2c(N)n[nH]c23)cc1. The number of hydrogen-bond acceptors (Lipinski definition) is 5. The highest BCUT2D eigenvalue weighted by atomic mass is 16.5. The van der Waals surface area contributed by atoms with E-state index in [1.807, 2.05) is 42.5 Å². The van der Waals surface area contributed by atoms with E-state index in [4.69, 9.17) is 10.5 Å². The summed E-state index contributed by atoms with van der Waals surface area (Å²) in [5.41, 5.74) is 10.1. The monoisotopic (exact) mass is 291 g/mol. The molecule has 108 valence electrons. The Morgan fingerprint density at radius 2 is 1.77 bits per heavy atom. The molecule has 6 nitrogen and oxygen atoms in total. The minimum Gasteiger partial charge on any atom is -0.497 e.